The van der Waals surface area contributed by atoms with Gasteiger partial charge in [-0.1, -0.05) is 30.2 Å². The number of aryl methyl sites for hydroxylation is 1. The van der Waals surface area contributed by atoms with E-state index in [2.05, 4.69) is 54.5 Å². The molecule has 0 bridgehead atoms. The van der Waals surface area contributed by atoms with E-state index in [9.17, 15) is 4.79 Å². The Balaban J connectivity index is 1.48. The first-order valence-electron chi connectivity index (χ1n) is 12.1. The molecule has 0 aliphatic heterocycles. The molecular weight excluding hydrogens is 484 g/mol. The van der Waals surface area contributed by atoms with Crippen LogP contribution < -0.4 is 9.47 Å². The summed E-state index contributed by atoms with van der Waals surface area (Å²) in [5.41, 5.74) is 5.50. The zero-order valence-corrected chi connectivity index (χ0v) is 22.1. The maximum absolute atomic E-state index is 11.2. The van der Waals surface area contributed by atoms with Crippen LogP contribution >= 0.6 is 11.3 Å². The minimum atomic E-state index is -0.863. The van der Waals surface area contributed by atoms with Gasteiger partial charge in [-0.05, 0) is 77.9 Å². The summed E-state index contributed by atoms with van der Waals surface area (Å²) in [4.78, 5) is 11.2. The first-order valence-corrected chi connectivity index (χ1v) is 13.0. The summed E-state index contributed by atoms with van der Waals surface area (Å²) in [6.45, 7) is 5.34. The van der Waals surface area contributed by atoms with E-state index in [0.29, 0.717) is 19.8 Å². The number of hydrogen-bond acceptors (Lipinski definition) is 5. The van der Waals surface area contributed by atoms with Gasteiger partial charge >= 0.3 is 5.97 Å². The Hall–Kier alpha value is -3.79. The molecule has 3 aromatic carbocycles. The van der Waals surface area contributed by atoms with Gasteiger partial charge in [-0.15, -0.1) is 17.3 Å². The van der Waals surface area contributed by atoms with Crippen LogP contribution in [0.15, 0.2) is 66.0 Å². The van der Waals surface area contributed by atoms with Crippen LogP contribution in [0.2, 0.25) is 0 Å². The van der Waals surface area contributed by atoms with Gasteiger partial charge in [0.2, 0.25) is 0 Å². The summed E-state index contributed by atoms with van der Waals surface area (Å²) in [7, 11) is 1.66. The Morgan fingerprint density at radius 1 is 0.973 bits per heavy atom. The number of thiophene rings is 1. The van der Waals surface area contributed by atoms with Crippen molar-refractivity contribution in [3.05, 3.63) is 82.7 Å². The predicted molar refractivity (Wildman–Crippen MR) is 149 cm³/mol. The highest BCUT2D eigenvalue weighted by molar-refractivity contribution is 7.17. The van der Waals surface area contributed by atoms with Crippen molar-refractivity contribution in [1.82, 2.24) is 0 Å². The molecule has 1 heterocycles. The first-order chi connectivity index (χ1) is 18.0. The summed E-state index contributed by atoms with van der Waals surface area (Å²) in [6, 6.07) is 20.1. The van der Waals surface area contributed by atoms with Gasteiger partial charge in [0.1, 0.15) is 24.7 Å². The van der Waals surface area contributed by atoms with Crippen LogP contribution in [0.5, 0.6) is 11.5 Å². The third-order valence-corrected chi connectivity index (χ3v) is 7.03. The van der Waals surface area contributed by atoms with Crippen molar-refractivity contribution in [3.8, 4) is 34.5 Å². The van der Waals surface area contributed by atoms with E-state index < -0.39 is 5.97 Å². The molecule has 0 aliphatic rings. The van der Waals surface area contributed by atoms with E-state index in [1.807, 2.05) is 30.3 Å². The SMILES string of the molecule is CC#CC(CC(=O)O)c1ccc(OCc2ccc3scc(-c4ccc(OCCOC)cc4C)c3c2)cc1. The van der Waals surface area contributed by atoms with Crippen LogP contribution in [-0.2, 0) is 16.1 Å². The summed E-state index contributed by atoms with van der Waals surface area (Å²) in [5, 5.41) is 12.6. The molecule has 0 saturated heterocycles. The van der Waals surface area contributed by atoms with Crippen molar-refractivity contribution < 1.29 is 24.1 Å². The molecule has 5 nitrogen and oxygen atoms in total. The van der Waals surface area contributed by atoms with Gasteiger partial charge in [-0.2, -0.15) is 0 Å². The van der Waals surface area contributed by atoms with Crippen molar-refractivity contribution >= 4 is 27.4 Å². The second kappa shape index (κ2) is 12.4. The smallest absolute Gasteiger partial charge is 0.304 e. The number of carbonyl (C=O) groups is 1. The predicted octanol–water partition coefficient (Wildman–Crippen LogP) is 7.06. The lowest BCUT2D eigenvalue weighted by molar-refractivity contribution is -0.137. The monoisotopic (exact) mass is 514 g/mol. The third kappa shape index (κ3) is 6.71. The van der Waals surface area contributed by atoms with E-state index in [1.165, 1.54) is 21.2 Å². The van der Waals surface area contributed by atoms with Crippen molar-refractivity contribution in [2.45, 2.75) is 32.8 Å². The number of methoxy groups -OCH3 is 1. The van der Waals surface area contributed by atoms with E-state index >= 15 is 0 Å². The Morgan fingerprint density at radius 2 is 1.76 bits per heavy atom. The zero-order valence-electron chi connectivity index (χ0n) is 21.2. The van der Waals surface area contributed by atoms with Crippen molar-refractivity contribution in [2.24, 2.45) is 0 Å². The molecule has 0 spiro atoms. The summed E-state index contributed by atoms with van der Waals surface area (Å²) in [5.74, 6) is 6.18. The molecule has 1 aromatic heterocycles. The fourth-order valence-corrected chi connectivity index (χ4v) is 5.15. The average molecular weight is 515 g/mol. The Labute approximate surface area is 221 Å². The Bertz CT molecular complexity index is 1430. The lowest BCUT2D eigenvalue weighted by Crippen LogP contribution is -2.04. The number of hydrogen-bond donors (Lipinski definition) is 1. The second-order valence-electron chi connectivity index (χ2n) is 8.70. The van der Waals surface area contributed by atoms with Crippen LogP contribution in [0.4, 0.5) is 0 Å². The van der Waals surface area contributed by atoms with Gasteiger partial charge in [-0.3, -0.25) is 4.79 Å². The average Bonchev–Trinajstić information content (AvgIpc) is 3.30. The number of carboxylic acid groups (broad SMARTS) is 1. The van der Waals surface area contributed by atoms with Crippen molar-refractivity contribution in [3.63, 3.8) is 0 Å². The number of aliphatic carboxylic acids is 1. The molecule has 0 amide bonds. The normalized spacial score (nSPS) is 11.5. The minimum Gasteiger partial charge on any atom is -0.491 e. The summed E-state index contributed by atoms with van der Waals surface area (Å²) in [6.07, 6.45) is -0.0208. The van der Waals surface area contributed by atoms with Gasteiger partial charge < -0.3 is 19.3 Å². The third-order valence-electron chi connectivity index (χ3n) is 6.07. The molecule has 190 valence electrons. The maximum Gasteiger partial charge on any atom is 0.304 e. The molecule has 0 aliphatic carbocycles. The topological polar surface area (TPSA) is 65.0 Å². The molecular formula is C31H30O5S. The second-order valence-corrected chi connectivity index (χ2v) is 9.61. The quantitative estimate of drug-likeness (QED) is 0.171. The van der Waals surface area contributed by atoms with Gasteiger partial charge in [-0.25, -0.2) is 0 Å². The van der Waals surface area contributed by atoms with E-state index in [1.54, 1.807) is 25.4 Å². The van der Waals surface area contributed by atoms with Gasteiger partial charge in [0.05, 0.1) is 18.9 Å². The lowest BCUT2D eigenvalue weighted by atomic mass is 9.96. The van der Waals surface area contributed by atoms with E-state index in [4.69, 9.17) is 19.3 Å². The Morgan fingerprint density at radius 3 is 2.46 bits per heavy atom. The van der Waals surface area contributed by atoms with Gasteiger partial charge in [0, 0.05) is 22.8 Å². The molecule has 6 heteroatoms. The van der Waals surface area contributed by atoms with Crippen LogP contribution in [-0.4, -0.2) is 31.4 Å². The molecule has 1 unspecified atom stereocenters. The van der Waals surface area contributed by atoms with Crippen LogP contribution in [0.1, 0.15) is 36.0 Å². The lowest BCUT2D eigenvalue weighted by Gasteiger charge is -2.12. The number of benzene rings is 3. The van der Waals surface area contributed by atoms with Gasteiger partial charge in [0.15, 0.2) is 0 Å². The van der Waals surface area contributed by atoms with Crippen LogP contribution in [0.25, 0.3) is 21.2 Å². The molecule has 4 rings (SSSR count). The van der Waals surface area contributed by atoms with Crippen LogP contribution in [0, 0.1) is 18.8 Å². The first kappa shape index (κ1) is 26.3. The highest BCUT2D eigenvalue weighted by atomic mass is 32.1. The molecule has 0 radical (unpaired) electrons. The van der Waals surface area contributed by atoms with E-state index in [-0.39, 0.29) is 12.3 Å². The summed E-state index contributed by atoms with van der Waals surface area (Å²) < 4.78 is 18.1. The van der Waals surface area contributed by atoms with Crippen molar-refractivity contribution in [2.75, 3.05) is 20.3 Å². The zero-order chi connectivity index (χ0) is 26.2. The largest absolute Gasteiger partial charge is 0.491 e. The van der Waals surface area contributed by atoms with Gasteiger partial charge in [0.25, 0.3) is 0 Å². The maximum atomic E-state index is 11.2. The van der Waals surface area contributed by atoms with Crippen LogP contribution in [0.3, 0.4) is 0 Å². The molecule has 0 saturated carbocycles. The number of rotatable bonds is 11. The Kier molecular flexibility index (Phi) is 8.84. The number of ether oxygens (including phenoxy) is 3. The molecule has 37 heavy (non-hydrogen) atoms. The fourth-order valence-electron chi connectivity index (χ4n) is 4.21. The molecule has 1 atom stereocenters. The molecule has 1 N–H and O–H groups in total. The van der Waals surface area contributed by atoms with E-state index in [0.717, 1.165) is 28.2 Å². The highest BCUT2D eigenvalue weighted by Crippen LogP contribution is 2.37. The minimum absolute atomic E-state index is 0.0208. The molecule has 0 fully saturated rings. The fraction of sp³-hybridized carbons (Fsp3) is 0.258. The molecule has 4 aromatic rings. The number of fused-ring (bicyclic) bond motifs is 1. The number of carboxylic acids is 1. The highest BCUT2D eigenvalue weighted by Gasteiger charge is 2.14. The van der Waals surface area contributed by atoms with Crippen molar-refractivity contribution in [1.29, 1.82) is 0 Å². The standard InChI is InChI=1S/C31H30O5S/c1-4-5-24(18-31(32)33)23-7-9-25(10-8-23)36-19-22-6-13-30-28(17-22)29(20-37-30)27-12-11-26(16-21(27)2)35-15-14-34-3/h6-13,16-17,20,24H,14-15,18-19H2,1-3H3,(H,32,33). The summed E-state index contributed by atoms with van der Waals surface area (Å²) >= 11 is 1.73.